The molecule has 0 spiro atoms. The molecule has 4 fully saturated rings. The van der Waals surface area contributed by atoms with Crippen molar-refractivity contribution in [2.45, 2.75) is 69.2 Å². The van der Waals surface area contributed by atoms with Gasteiger partial charge >= 0.3 is 0 Å². The molecule has 4 atom stereocenters. The van der Waals surface area contributed by atoms with Gasteiger partial charge in [-0.1, -0.05) is 13.0 Å². The van der Waals surface area contributed by atoms with Gasteiger partial charge in [0.1, 0.15) is 30.2 Å². The summed E-state index contributed by atoms with van der Waals surface area (Å²) in [6.45, 7) is 5.48. The standard InChI is InChI=1S/C33H37F2N5O2/c1-2-25-27(35)7-4-20-12-24(41)13-29(31(20)25)40-11-8-26-28(40)14-30(37-32(26)38-17-22-5-6-23(18-38)36-22)42-19-33-9-3-10-39(33)16-21(34)15-33/h4,7-8,11-14,21-23,36,41H,2-3,5-6,9-10,15-19H2,1H3/t21-,22?,23?,33+/m1/s1. The number of benzene rings is 2. The van der Waals surface area contributed by atoms with Crippen molar-refractivity contribution in [2.75, 3.05) is 37.7 Å². The molecule has 0 saturated carbocycles. The Bertz CT molecular complexity index is 1680. The number of rotatable bonds is 6. The quantitative estimate of drug-likeness (QED) is 0.319. The van der Waals surface area contributed by atoms with Gasteiger partial charge in [0.15, 0.2) is 0 Å². The van der Waals surface area contributed by atoms with Crippen LogP contribution in [0.5, 0.6) is 11.6 Å². The van der Waals surface area contributed by atoms with Gasteiger partial charge in [-0.15, -0.1) is 0 Å². The van der Waals surface area contributed by atoms with E-state index in [1.54, 1.807) is 18.2 Å². The van der Waals surface area contributed by atoms with Crippen LogP contribution in [-0.2, 0) is 6.42 Å². The number of ether oxygens (including phenoxy) is 1. The molecule has 2 aromatic carbocycles. The van der Waals surface area contributed by atoms with E-state index in [4.69, 9.17) is 9.72 Å². The van der Waals surface area contributed by atoms with E-state index in [0.717, 1.165) is 78.5 Å². The van der Waals surface area contributed by atoms with E-state index in [1.807, 2.05) is 23.8 Å². The molecule has 2 N–H and O–H groups in total. The maximum absolute atomic E-state index is 15.0. The molecular weight excluding hydrogens is 536 g/mol. The second kappa shape index (κ2) is 9.81. The number of phenolic OH excluding ortho intramolecular Hbond substituents is 1. The summed E-state index contributed by atoms with van der Waals surface area (Å²) in [4.78, 5) is 9.71. The lowest BCUT2D eigenvalue weighted by Gasteiger charge is -2.34. The SMILES string of the molecule is CCc1c(F)ccc2cc(O)cc(-n3ccc4c(N5CC6CCC(C5)N6)nc(OC[C@@]56CCCN5C[C@H](F)C6)cc43)c12. The van der Waals surface area contributed by atoms with Gasteiger partial charge < -0.3 is 24.6 Å². The van der Waals surface area contributed by atoms with Crippen LogP contribution in [0.15, 0.2) is 42.6 Å². The summed E-state index contributed by atoms with van der Waals surface area (Å²) in [6, 6.07) is 11.5. The minimum absolute atomic E-state index is 0.125. The Labute approximate surface area is 244 Å². The number of aromatic nitrogens is 2. The molecule has 220 valence electrons. The lowest BCUT2D eigenvalue weighted by Crippen LogP contribution is -2.51. The second-order valence-electron chi connectivity index (χ2n) is 12.8. The van der Waals surface area contributed by atoms with Crippen molar-refractivity contribution < 1.29 is 18.6 Å². The Morgan fingerprint density at radius 2 is 1.95 bits per heavy atom. The molecule has 7 nitrogen and oxygen atoms in total. The van der Waals surface area contributed by atoms with Gasteiger partial charge in [0, 0.05) is 67.2 Å². The highest BCUT2D eigenvalue weighted by Gasteiger charge is 2.49. The third-order valence-corrected chi connectivity index (χ3v) is 10.2. The number of pyridine rings is 1. The van der Waals surface area contributed by atoms with Gasteiger partial charge in [0.05, 0.1) is 16.7 Å². The zero-order chi connectivity index (χ0) is 28.6. The number of aromatic hydroxyl groups is 1. The summed E-state index contributed by atoms with van der Waals surface area (Å²) >= 11 is 0. The molecule has 4 aromatic rings. The molecule has 8 rings (SSSR count). The van der Waals surface area contributed by atoms with Crippen molar-refractivity contribution >= 4 is 27.5 Å². The van der Waals surface area contributed by atoms with Gasteiger partial charge in [-0.05, 0) is 67.8 Å². The Kier molecular flexibility index (Phi) is 6.12. The predicted molar refractivity (Wildman–Crippen MR) is 160 cm³/mol. The van der Waals surface area contributed by atoms with Crippen LogP contribution in [0.2, 0.25) is 0 Å². The van der Waals surface area contributed by atoms with Crippen LogP contribution in [-0.4, -0.2) is 76.1 Å². The first kappa shape index (κ1) is 26.2. The first-order valence-corrected chi connectivity index (χ1v) is 15.4. The number of piperazine rings is 1. The summed E-state index contributed by atoms with van der Waals surface area (Å²) in [5.41, 5.74) is 1.95. The third-order valence-electron chi connectivity index (χ3n) is 10.2. The molecule has 6 heterocycles. The summed E-state index contributed by atoms with van der Waals surface area (Å²) in [7, 11) is 0. The number of nitrogens with one attached hydrogen (secondary N) is 1. The molecule has 0 amide bonds. The van der Waals surface area contributed by atoms with Gasteiger partial charge in [0.2, 0.25) is 5.88 Å². The zero-order valence-corrected chi connectivity index (χ0v) is 24.0. The van der Waals surface area contributed by atoms with Crippen LogP contribution >= 0.6 is 0 Å². The number of alkyl halides is 1. The smallest absolute Gasteiger partial charge is 0.217 e. The fourth-order valence-corrected chi connectivity index (χ4v) is 8.26. The van der Waals surface area contributed by atoms with Crippen molar-refractivity contribution in [3.63, 3.8) is 0 Å². The Balaban J connectivity index is 1.27. The normalized spacial score (nSPS) is 27.4. The number of hydrogen-bond donors (Lipinski definition) is 2. The van der Waals surface area contributed by atoms with Crippen LogP contribution < -0.4 is 15.0 Å². The number of phenols is 1. The lowest BCUT2D eigenvalue weighted by molar-refractivity contribution is 0.111. The van der Waals surface area contributed by atoms with Crippen LogP contribution in [0.25, 0.3) is 27.4 Å². The van der Waals surface area contributed by atoms with E-state index < -0.39 is 6.17 Å². The number of fused-ring (bicyclic) bond motifs is 5. The highest BCUT2D eigenvalue weighted by molar-refractivity contribution is 5.99. The number of hydrogen-bond acceptors (Lipinski definition) is 6. The largest absolute Gasteiger partial charge is 0.508 e. The highest BCUT2D eigenvalue weighted by atomic mass is 19.1. The Morgan fingerprint density at radius 1 is 1.12 bits per heavy atom. The van der Waals surface area contributed by atoms with E-state index in [-0.39, 0.29) is 17.1 Å². The molecule has 2 unspecified atom stereocenters. The van der Waals surface area contributed by atoms with Gasteiger partial charge in [0.25, 0.3) is 0 Å². The first-order chi connectivity index (χ1) is 20.4. The van der Waals surface area contributed by atoms with E-state index in [0.29, 0.717) is 49.5 Å². The average Bonchev–Trinajstić information content (AvgIpc) is 3.73. The van der Waals surface area contributed by atoms with Gasteiger partial charge in [-0.2, -0.15) is 4.98 Å². The average molecular weight is 574 g/mol. The predicted octanol–water partition coefficient (Wildman–Crippen LogP) is 5.48. The lowest BCUT2D eigenvalue weighted by atomic mass is 9.95. The molecule has 0 radical (unpaired) electrons. The fourth-order valence-electron chi connectivity index (χ4n) is 8.26. The Hall–Kier alpha value is -3.43. The van der Waals surface area contributed by atoms with Crippen molar-refractivity contribution in [3.8, 4) is 17.3 Å². The van der Waals surface area contributed by atoms with Crippen molar-refractivity contribution in [2.24, 2.45) is 0 Å². The molecule has 0 aliphatic carbocycles. The van der Waals surface area contributed by atoms with Gasteiger partial charge in [-0.25, -0.2) is 8.78 Å². The number of halogens is 2. The first-order valence-electron chi connectivity index (χ1n) is 15.4. The van der Waals surface area contributed by atoms with E-state index >= 15 is 4.39 Å². The molecule has 4 saturated heterocycles. The minimum Gasteiger partial charge on any atom is -0.508 e. The van der Waals surface area contributed by atoms with Crippen LogP contribution in [0.1, 0.15) is 44.6 Å². The number of nitrogens with zero attached hydrogens (tertiary/aromatic N) is 4. The van der Waals surface area contributed by atoms with Crippen molar-refractivity contribution in [3.05, 3.63) is 54.0 Å². The van der Waals surface area contributed by atoms with Gasteiger partial charge in [-0.3, -0.25) is 4.90 Å². The number of aryl methyl sites for hydroxylation is 1. The maximum Gasteiger partial charge on any atom is 0.217 e. The molecule has 4 aliphatic heterocycles. The summed E-state index contributed by atoms with van der Waals surface area (Å²) in [5.74, 6) is 1.26. The van der Waals surface area contributed by atoms with E-state index in [1.165, 1.54) is 6.07 Å². The molecule has 42 heavy (non-hydrogen) atoms. The summed E-state index contributed by atoms with van der Waals surface area (Å²) < 4.78 is 38.1. The summed E-state index contributed by atoms with van der Waals surface area (Å²) in [5, 5.41) is 17.0. The number of anilines is 1. The topological polar surface area (TPSA) is 65.8 Å². The minimum atomic E-state index is -0.819. The second-order valence-corrected chi connectivity index (χ2v) is 12.8. The van der Waals surface area contributed by atoms with E-state index in [9.17, 15) is 9.50 Å². The van der Waals surface area contributed by atoms with Crippen molar-refractivity contribution in [1.82, 2.24) is 19.8 Å². The molecule has 4 aliphatic rings. The highest BCUT2D eigenvalue weighted by Crippen LogP contribution is 2.42. The monoisotopic (exact) mass is 573 g/mol. The molecule has 2 bridgehead atoms. The van der Waals surface area contributed by atoms with E-state index in [2.05, 4.69) is 21.2 Å². The third kappa shape index (κ3) is 4.15. The molecule has 2 aromatic heterocycles. The maximum atomic E-state index is 15.0. The van der Waals surface area contributed by atoms with Crippen LogP contribution in [0.3, 0.4) is 0 Å². The molecular formula is C33H37F2N5O2. The van der Waals surface area contributed by atoms with Crippen LogP contribution in [0, 0.1) is 5.82 Å². The fraction of sp³-hybridized carbons (Fsp3) is 0.485. The van der Waals surface area contributed by atoms with Crippen LogP contribution in [0.4, 0.5) is 14.6 Å². The zero-order valence-electron chi connectivity index (χ0n) is 24.0. The Morgan fingerprint density at radius 3 is 2.76 bits per heavy atom. The molecule has 9 heteroatoms. The van der Waals surface area contributed by atoms with Crippen molar-refractivity contribution in [1.29, 1.82) is 0 Å². The summed E-state index contributed by atoms with van der Waals surface area (Å²) in [6.07, 6.45) is 6.49.